The number of carbonyl (C=O) groups is 2. The quantitative estimate of drug-likeness (QED) is 0.594. The molecule has 0 saturated heterocycles. The molecule has 18 heavy (non-hydrogen) atoms. The van der Waals surface area contributed by atoms with Crippen molar-refractivity contribution in [1.29, 1.82) is 0 Å². The maximum absolute atomic E-state index is 11.6. The molecule has 1 saturated carbocycles. The summed E-state index contributed by atoms with van der Waals surface area (Å²) in [6, 6.07) is -1.05. The lowest BCUT2D eigenvalue weighted by atomic mass is 9.82. The molecular weight excluding hydrogens is 236 g/mol. The molecule has 2 amide bonds. The number of carbonyl (C=O) groups excluding carboxylic acids is 1. The van der Waals surface area contributed by atoms with Crippen molar-refractivity contribution in [3.05, 3.63) is 0 Å². The second-order valence-electron chi connectivity index (χ2n) is 4.92. The zero-order valence-electron chi connectivity index (χ0n) is 10.9. The summed E-state index contributed by atoms with van der Waals surface area (Å²) >= 11 is 0. The third-order valence-corrected chi connectivity index (χ3v) is 3.15. The van der Waals surface area contributed by atoms with Crippen LogP contribution in [0.1, 0.15) is 32.6 Å². The number of hydrogen-bond acceptors (Lipinski definition) is 3. The summed E-state index contributed by atoms with van der Waals surface area (Å²) in [7, 11) is 1.56. The number of urea groups is 1. The van der Waals surface area contributed by atoms with Crippen LogP contribution in [0.5, 0.6) is 0 Å². The van der Waals surface area contributed by atoms with Gasteiger partial charge in [-0.1, -0.05) is 6.92 Å². The number of methoxy groups -OCH3 is 1. The van der Waals surface area contributed by atoms with Crippen LogP contribution in [0.4, 0.5) is 4.79 Å². The Hall–Kier alpha value is -1.30. The van der Waals surface area contributed by atoms with Gasteiger partial charge in [0.15, 0.2) is 0 Å². The number of nitrogens with one attached hydrogen (secondary N) is 2. The Morgan fingerprint density at radius 1 is 1.44 bits per heavy atom. The highest BCUT2D eigenvalue weighted by molar-refractivity contribution is 5.82. The molecule has 0 radical (unpaired) electrons. The molecule has 0 spiro atoms. The molecule has 0 bridgehead atoms. The van der Waals surface area contributed by atoms with Crippen molar-refractivity contribution in [3.63, 3.8) is 0 Å². The van der Waals surface area contributed by atoms with E-state index in [9.17, 15) is 9.59 Å². The van der Waals surface area contributed by atoms with Gasteiger partial charge in [0.2, 0.25) is 0 Å². The Bertz CT molecular complexity index is 290. The first-order chi connectivity index (χ1) is 8.52. The third-order valence-electron chi connectivity index (χ3n) is 3.15. The average Bonchev–Trinajstić information content (AvgIpc) is 2.25. The molecule has 1 fully saturated rings. The van der Waals surface area contributed by atoms with Crippen LogP contribution in [0.3, 0.4) is 0 Å². The van der Waals surface area contributed by atoms with Gasteiger partial charge in [-0.15, -0.1) is 0 Å². The number of hydrogen-bond donors (Lipinski definition) is 3. The molecule has 6 nitrogen and oxygen atoms in total. The molecule has 104 valence electrons. The minimum absolute atomic E-state index is 0.188. The fourth-order valence-corrected chi connectivity index (χ4v) is 2.09. The monoisotopic (exact) mass is 258 g/mol. The molecule has 0 aromatic carbocycles. The van der Waals surface area contributed by atoms with E-state index in [-0.39, 0.29) is 6.04 Å². The molecule has 1 aliphatic carbocycles. The molecule has 1 rings (SSSR count). The summed E-state index contributed by atoms with van der Waals surface area (Å²) in [5, 5.41) is 14.2. The first kappa shape index (κ1) is 14.8. The van der Waals surface area contributed by atoms with E-state index in [1.54, 1.807) is 7.11 Å². The Balaban J connectivity index is 2.26. The normalized spacial score (nSPS) is 23.9. The molecule has 0 aliphatic heterocycles. The van der Waals surface area contributed by atoms with E-state index in [1.165, 1.54) is 0 Å². The Labute approximate surface area is 107 Å². The van der Waals surface area contributed by atoms with E-state index in [0.717, 1.165) is 12.8 Å². The Kier molecular flexibility index (Phi) is 5.91. The van der Waals surface area contributed by atoms with Crippen LogP contribution < -0.4 is 10.6 Å². The van der Waals surface area contributed by atoms with Crippen molar-refractivity contribution < 1.29 is 19.4 Å². The number of carboxylic acid groups (broad SMARTS) is 1. The summed E-state index contributed by atoms with van der Waals surface area (Å²) in [6.45, 7) is 2.62. The van der Waals surface area contributed by atoms with E-state index in [2.05, 4.69) is 17.6 Å². The number of ether oxygens (including phenoxy) is 1. The van der Waals surface area contributed by atoms with Crippen molar-refractivity contribution in [1.82, 2.24) is 10.6 Å². The SMILES string of the molecule is COCCCC(NC(=O)NC1CC(C)C1)C(=O)O. The van der Waals surface area contributed by atoms with Crippen LogP contribution in [0, 0.1) is 5.92 Å². The fraction of sp³-hybridized carbons (Fsp3) is 0.833. The minimum atomic E-state index is -1.01. The second-order valence-corrected chi connectivity index (χ2v) is 4.92. The molecule has 6 heteroatoms. The molecule has 3 N–H and O–H groups in total. The largest absolute Gasteiger partial charge is 0.480 e. The Morgan fingerprint density at radius 2 is 2.11 bits per heavy atom. The van der Waals surface area contributed by atoms with Crippen LogP contribution in [0.25, 0.3) is 0 Å². The van der Waals surface area contributed by atoms with Crippen LogP contribution in [0.2, 0.25) is 0 Å². The van der Waals surface area contributed by atoms with Gasteiger partial charge in [-0.05, 0) is 31.6 Å². The highest BCUT2D eigenvalue weighted by Gasteiger charge is 2.28. The highest BCUT2D eigenvalue weighted by Crippen LogP contribution is 2.25. The van der Waals surface area contributed by atoms with Crippen LogP contribution in [-0.4, -0.2) is 42.9 Å². The predicted octanol–water partition coefficient (Wildman–Crippen LogP) is 0.964. The van der Waals surface area contributed by atoms with Gasteiger partial charge in [0.25, 0.3) is 0 Å². The van der Waals surface area contributed by atoms with Crippen LogP contribution >= 0.6 is 0 Å². The first-order valence-electron chi connectivity index (χ1n) is 6.31. The maximum atomic E-state index is 11.6. The maximum Gasteiger partial charge on any atom is 0.326 e. The van der Waals surface area contributed by atoms with E-state index in [4.69, 9.17) is 9.84 Å². The van der Waals surface area contributed by atoms with Crippen molar-refractivity contribution in [3.8, 4) is 0 Å². The van der Waals surface area contributed by atoms with Crippen molar-refractivity contribution in [2.24, 2.45) is 5.92 Å². The van der Waals surface area contributed by atoms with Gasteiger partial charge in [-0.25, -0.2) is 9.59 Å². The van der Waals surface area contributed by atoms with Gasteiger partial charge in [0, 0.05) is 19.8 Å². The van der Waals surface area contributed by atoms with Gasteiger partial charge in [0.1, 0.15) is 6.04 Å². The van der Waals surface area contributed by atoms with Crippen molar-refractivity contribution >= 4 is 12.0 Å². The van der Waals surface area contributed by atoms with E-state index >= 15 is 0 Å². The average molecular weight is 258 g/mol. The smallest absolute Gasteiger partial charge is 0.326 e. The minimum Gasteiger partial charge on any atom is -0.480 e. The lowest BCUT2D eigenvalue weighted by Gasteiger charge is -2.33. The van der Waals surface area contributed by atoms with Gasteiger partial charge in [-0.3, -0.25) is 0 Å². The van der Waals surface area contributed by atoms with E-state index in [1.807, 2.05) is 0 Å². The topological polar surface area (TPSA) is 87.7 Å². The molecule has 0 aromatic rings. The fourth-order valence-electron chi connectivity index (χ4n) is 2.09. The lowest BCUT2D eigenvalue weighted by molar-refractivity contribution is -0.139. The number of rotatable bonds is 7. The predicted molar refractivity (Wildman–Crippen MR) is 66.4 cm³/mol. The summed E-state index contributed by atoms with van der Waals surface area (Å²) in [5.41, 5.74) is 0. The lowest BCUT2D eigenvalue weighted by Crippen LogP contribution is -2.52. The van der Waals surface area contributed by atoms with Gasteiger partial charge in [-0.2, -0.15) is 0 Å². The van der Waals surface area contributed by atoms with E-state index < -0.39 is 18.0 Å². The molecule has 1 atom stereocenters. The third kappa shape index (κ3) is 4.91. The van der Waals surface area contributed by atoms with Gasteiger partial charge < -0.3 is 20.5 Å². The zero-order chi connectivity index (χ0) is 13.5. The van der Waals surface area contributed by atoms with Crippen molar-refractivity contribution in [2.45, 2.75) is 44.7 Å². The van der Waals surface area contributed by atoms with E-state index in [0.29, 0.717) is 25.4 Å². The van der Waals surface area contributed by atoms with Gasteiger partial charge in [0.05, 0.1) is 0 Å². The van der Waals surface area contributed by atoms with Crippen LogP contribution in [-0.2, 0) is 9.53 Å². The number of amides is 2. The number of aliphatic carboxylic acids is 1. The first-order valence-corrected chi connectivity index (χ1v) is 6.31. The van der Waals surface area contributed by atoms with Crippen LogP contribution in [0.15, 0.2) is 0 Å². The molecule has 1 unspecified atom stereocenters. The van der Waals surface area contributed by atoms with Gasteiger partial charge >= 0.3 is 12.0 Å². The summed E-state index contributed by atoms with van der Waals surface area (Å²) in [6.07, 6.45) is 2.91. The molecule has 0 heterocycles. The highest BCUT2D eigenvalue weighted by atomic mass is 16.5. The molecule has 0 aromatic heterocycles. The standard InChI is InChI=1S/C12H22N2O4/c1-8-6-9(7-8)13-12(17)14-10(11(15)16)4-3-5-18-2/h8-10H,3-7H2,1-2H3,(H,15,16)(H2,13,14,17). The molecule has 1 aliphatic rings. The van der Waals surface area contributed by atoms with Crippen molar-refractivity contribution in [2.75, 3.05) is 13.7 Å². The summed E-state index contributed by atoms with van der Waals surface area (Å²) < 4.78 is 4.86. The second kappa shape index (κ2) is 7.20. The zero-order valence-corrected chi connectivity index (χ0v) is 10.9. The summed E-state index contributed by atoms with van der Waals surface area (Å²) in [5.74, 6) is -0.365. The number of carboxylic acids is 1. The molecular formula is C12H22N2O4. The summed E-state index contributed by atoms with van der Waals surface area (Å²) in [4.78, 5) is 22.6. The Morgan fingerprint density at radius 3 is 2.61 bits per heavy atom.